The number of nitrogens with one attached hydrogen (secondary N) is 1. The van der Waals surface area contributed by atoms with Gasteiger partial charge in [0.1, 0.15) is 0 Å². The van der Waals surface area contributed by atoms with Gasteiger partial charge < -0.3 is 5.11 Å². The molecule has 0 aliphatic heterocycles. The Morgan fingerprint density at radius 3 is 2.40 bits per heavy atom. The van der Waals surface area contributed by atoms with Gasteiger partial charge in [0.25, 0.3) is 0 Å². The Balaban J connectivity index is 2.19. The van der Waals surface area contributed by atoms with E-state index in [4.69, 9.17) is 5.11 Å². The van der Waals surface area contributed by atoms with Gasteiger partial charge in [-0.25, -0.2) is 0 Å². The molecule has 0 bridgehead atoms. The number of hydrogen-bond acceptors (Lipinski definition) is 2. The maximum atomic E-state index is 8.00. The molecule has 0 heterocycles. The minimum Gasteiger partial charge on any atom is -0.395 e. The quantitative estimate of drug-likeness (QED) is 0.468. The van der Waals surface area contributed by atoms with Crippen molar-refractivity contribution in [2.24, 2.45) is 0 Å². The first-order valence-electron chi connectivity index (χ1n) is 1.36. The molecule has 2 nitrogen and oxygen atoms in total. The first-order chi connectivity index (χ1) is 2.41. The number of aliphatic hydroxyl groups excluding tert-OH is 1. The largest absolute Gasteiger partial charge is 0.395 e. The summed E-state index contributed by atoms with van der Waals surface area (Å²) in [5.74, 6) is 0. The van der Waals surface area contributed by atoms with Crippen molar-refractivity contribution in [3.05, 3.63) is 0 Å². The average Bonchev–Trinajstić information content (AvgIpc) is 1.41. The molecule has 32 valence electrons. The molecule has 0 aliphatic carbocycles. The van der Waals surface area contributed by atoms with Crippen LogP contribution >= 0.6 is 22.9 Å². The van der Waals surface area contributed by atoms with Gasteiger partial charge in [-0.3, -0.25) is 3.53 Å². The Hall–Kier alpha value is 0.650. The second-order valence-corrected chi connectivity index (χ2v) is 1.37. The molecule has 0 radical (unpaired) electrons. The van der Waals surface area contributed by atoms with Crippen LogP contribution in [0.25, 0.3) is 0 Å². The normalized spacial score (nSPS) is 8.40. The van der Waals surface area contributed by atoms with Crippen LogP contribution in [0.2, 0.25) is 0 Å². The van der Waals surface area contributed by atoms with Crippen molar-refractivity contribution < 1.29 is 5.11 Å². The summed E-state index contributed by atoms with van der Waals surface area (Å²) in [5, 5.41) is 8.00. The van der Waals surface area contributed by atoms with Crippen LogP contribution in [0, 0.1) is 0 Å². The minimum absolute atomic E-state index is 0.225. The highest BCUT2D eigenvalue weighted by Gasteiger charge is 1.67. The lowest BCUT2D eigenvalue weighted by atomic mass is 10.8. The Kier molecular flexibility index (Phi) is 5.25. The Bertz CT molecular complexity index is 17.1. The summed E-state index contributed by atoms with van der Waals surface area (Å²) in [6, 6.07) is 0. The van der Waals surface area contributed by atoms with Crippen molar-refractivity contribution in [3.8, 4) is 0 Å². The molecule has 0 unspecified atom stereocenters. The third-order valence-electron chi connectivity index (χ3n) is 0.206. The zero-order valence-electron chi connectivity index (χ0n) is 2.74. The SMILES string of the molecule is OCCNI. The van der Waals surface area contributed by atoms with Gasteiger partial charge in [-0.1, -0.05) is 0 Å². The molecular weight excluding hydrogens is 181 g/mol. The predicted octanol–water partition coefficient (Wildman–Crippen LogP) is -0.0817. The number of aliphatic hydroxyl groups is 1. The van der Waals surface area contributed by atoms with Crippen LogP contribution in [0.3, 0.4) is 0 Å². The Morgan fingerprint density at radius 2 is 2.40 bits per heavy atom. The summed E-state index contributed by atoms with van der Waals surface area (Å²) in [7, 11) is 0. The fraction of sp³-hybridized carbons (Fsp3) is 1.00. The van der Waals surface area contributed by atoms with Gasteiger partial charge in [-0.15, -0.1) is 0 Å². The van der Waals surface area contributed by atoms with Gasteiger partial charge in [0.05, 0.1) is 6.61 Å². The van der Waals surface area contributed by atoms with E-state index in [1.165, 1.54) is 0 Å². The summed E-state index contributed by atoms with van der Waals surface area (Å²) >= 11 is 1.98. The van der Waals surface area contributed by atoms with Crippen molar-refractivity contribution >= 4 is 22.9 Å². The van der Waals surface area contributed by atoms with Crippen LogP contribution < -0.4 is 3.53 Å². The topological polar surface area (TPSA) is 32.3 Å². The zero-order chi connectivity index (χ0) is 4.12. The molecule has 0 amide bonds. The van der Waals surface area contributed by atoms with E-state index in [0.717, 1.165) is 0 Å². The predicted molar refractivity (Wildman–Crippen MR) is 29.1 cm³/mol. The highest BCUT2D eigenvalue weighted by molar-refractivity contribution is 14.1. The smallest absolute Gasteiger partial charge is 0.0564 e. The fourth-order valence-electron chi connectivity index (χ4n) is 0.0423. The third-order valence-corrected chi connectivity index (χ3v) is 0.746. The summed E-state index contributed by atoms with van der Waals surface area (Å²) in [4.78, 5) is 0. The van der Waals surface area contributed by atoms with E-state index in [1.807, 2.05) is 22.9 Å². The van der Waals surface area contributed by atoms with Crippen LogP contribution in [0.5, 0.6) is 0 Å². The molecular formula is C2H6INO. The first kappa shape index (κ1) is 5.65. The number of hydrogen-bond donors (Lipinski definition) is 2. The molecule has 0 saturated heterocycles. The van der Waals surface area contributed by atoms with E-state index < -0.39 is 0 Å². The van der Waals surface area contributed by atoms with Crippen LogP contribution in [-0.2, 0) is 0 Å². The molecule has 0 saturated carbocycles. The molecule has 0 aromatic carbocycles. The van der Waals surface area contributed by atoms with E-state index in [1.54, 1.807) is 0 Å². The summed E-state index contributed by atoms with van der Waals surface area (Å²) in [6.07, 6.45) is 0. The molecule has 0 spiro atoms. The van der Waals surface area contributed by atoms with Crippen molar-refractivity contribution in [2.75, 3.05) is 13.2 Å². The average molecular weight is 187 g/mol. The lowest BCUT2D eigenvalue weighted by Gasteiger charge is -1.82. The van der Waals surface area contributed by atoms with E-state index in [0.29, 0.717) is 6.54 Å². The maximum Gasteiger partial charge on any atom is 0.0564 e. The standard InChI is InChI=1S/C2H6INO/c3-4-1-2-5/h4-5H,1-2H2. The first-order valence-corrected chi connectivity index (χ1v) is 2.44. The Labute approximate surface area is 45.1 Å². The Morgan fingerprint density at radius 1 is 1.80 bits per heavy atom. The molecule has 2 N–H and O–H groups in total. The molecule has 0 rings (SSSR count). The summed E-state index contributed by atoms with van der Waals surface area (Å²) in [5.41, 5.74) is 0. The van der Waals surface area contributed by atoms with Crippen LogP contribution in [-0.4, -0.2) is 18.3 Å². The van der Waals surface area contributed by atoms with E-state index >= 15 is 0 Å². The maximum absolute atomic E-state index is 8.00. The van der Waals surface area contributed by atoms with Gasteiger partial charge in [0, 0.05) is 29.4 Å². The lowest BCUT2D eigenvalue weighted by Crippen LogP contribution is -2.03. The van der Waals surface area contributed by atoms with E-state index in [9.17, 15) is 0 Å². The number of rotatable bonds is 2. The van der Waals surface area contributed by atoms with Gasteiger partial charge >= 0.3 is 0 Å². The monoisotopic (exact) mass is 187 g/mol. The highest BCUT2D eigenvalue weighted by Crippen LogP contribution is 1.62. The zero-order valence-corrected chi connectivity index (χ0v) is 4.90. The van der Waals surface area contributed by atoms with Crippen molar-refractivity contribution in [1.82, 2.24) is 3.53 Å². The fourth-order valence-corrected chi connectivity index (χ4v) is 0.283. The third kappa shape index (κ3) is 4.65. The van der Waals surface area contributed by atoms with Gasteiger partial charge in [0.15, 0.2) is 0 Å². The van der Waals surface area contributed by atoms with Crippen LogP contribution in [0.15, 0.2) is 0 Å². The second-order valence-electron chi connectivity index (χ2n) is 0.607. The molecule has 0 atom stereocenters. The van der Waals surface area contributed by atoms with E-state index in [2.05, 4.69) is 3.53 Å². The molecule has 3 heteroatoms. The highest BCUT2D eigenvalue weighted by atomic mass is 127. The van der Waals surface area contributed by atoms with Gasteiger partial charge in [-0.2, -0.15) is 0 Å². The van der Waals surface area contributed by atoms with Crippen molar-refractivity contribution in [3.63, 3.8) is 0 Å². The molecule has 0 aliphatic rings. The van der Waals surface area contributed by atoms with Crippen molar-refractivity contribution in [1.29, 1.82) is 0 Å². The van der Waals surface area contributed by atoms with Crippen molar-refractivity contribution in [2.45, 2.75) is 0 Å². The molecule has 5 heavy (non-hydrogen) atoms. The lowest BCUT2D eigenvalue weighted by molar-refractivity contribution is 0.304. The van der Waals surface area contributed by atoms with Gasteiger partial charge in [0.2, 0.25) is 0 Å². The van der Waals surface area contributed by atoms with Crippen LogP contribution in [0.4, 0.5) is 0 Å². The molecule has 0 aromatic heterocycles. The van der Waals surface area contributed by atoms with E-state index in [-0.39, 0.29) is 6.61 Å². The summed E-state index contributed by atoms with van der Waals surface area (Å²) in [6.45, 7) is 0.906. The van der Waals surface area contributed by atoms with Gasteiger partial charge in [-0.05, 0) is 0 Å². The molecule has 0 fully saturated rings. The second kappa shape index (κ2) is 4.65. The van der Waals surface area contributed by atoms with Crippen LogP contribution in [0.1, 0.15) is 0 Å². The summed E-state index contributed by atoms with van der Waals surface area (Å²) < 4.78 is 2.74. The number of halogens is 1. The minimum atomic E-state index is 0.225. The molecule has 0 aromatic rings.